The zero-order valence-electron chi connectivity index (χ0n) is 29.2. The molecule has 0 bridgehead atoms. The van der Waals surface area contributed by atoms with Gasteiger partial charge >= 0.3 is 0 Å². The quantitative estimate of drug-likeness (QED) is 0.0552. The molecule has 0 amide bonds. The van der Waals surface area contributed by atoms with Gasteiger partial charge in [-0.1, -0.05) is 174 Å². The molecule has 4 nitrogen and oxygen atoms in total. The molecule has 0 aromatic rings. The third-order valence-corrected chi connectivity index (χ3v) is 9.49. The van der Waals surface area contributed by atoms with E-state index in [9.17, 15) is 10.2 Å². The second-order valence-corrected chi connectivity index (χ2v) is 13.5. The number of hydrogen-bond acceptors (Lipinski definition) is 3. The number of unbranched alkanes of at least 4 members (excludes halogenated alkanes) is 26. The Bertz CT molecular complexity index is 481. The summed E-state index contributed by atoms with van der Waals surface area (Å²) in [6, 6.07) is 0. The summed E-state index contributed by atoms with van der Waals surface area (Å²) in [6.45, 7) is 10.0. The van der Waals surface area contributed by atoms with Crippen LogP contribution in [0.2, 0.25) is 0 Å². The van der Waals surface area contributed by atoms with Gasteiger partial charge in [-0.25, -0.2) is 0 Å². The van der Waals surface area contributed by atoms with E-state index in [2.05, 4.69) is 13.8 Å². The first-order chi connectivity index (χ1) is 20.7. The molecule has 0 fully saturated rings. The van der Waals surface area contributed by atoms with Gasteiger partial charge in [-0.2, -0.15) is 0 Å². The van der Waals surface area contributed by atoms with E-state index in [0.717, 1.165) is 50.3 Å². The SMILES string of the molecule is CCCCCCCCCCCCCCCCOCC[N+](CCO)(CCO)CCCCCCCCCCCCCCCC. The van der Waals surface area contributed by atoms with Crippen LogP contribution in [0.4, 0.5) is 0 Å². The number of quaternary nitrogens is 1. The number of rotatable bonds is 37. The van der Waals surface area contributed by atoms with Crippen LogP contribution in [0.15, 0.2) is 0 Å². The molecule has 0 aliphatic carbocycles. The molecule has 0 aromatic heterocycles. The number of hydrogen-bond donors (Lipinski definition) is 2. The summed E-state index contributed by atoms with van der Waals surface area (Å²) in [5.74, 6) is 0. The zero-order valence-corrected chi connectivity index (χ0v) is 29.2. The molecule has 0 atom stereocenters. The topological polar surface area (TPSA) is 49.7 Å². The van der Waals surface area contributed by atoms with Gasteiger partial charge in [-0.3, -0.25) is 0 Å². The number of nitrogens with zero attached hydrogens (tertiary/aromatic N) is 1. The van der Waals surface area contributed by atoms with Crippen molar-refractivity contribution in [1.29, 1.82) is 0 Å². The van der Waals surface area contributed by atoms with E-state index in [1.807, 2.05) is 0 Å². The van der Waals surface area contributed by atoms with Crippen LogP contribution < -0.4 is 0 Å². The summed E-state index contributed by atoms with van der Waals surface area (Å²) in [7, 11) is 0. The Labute approximate surface area is 265 Å². The standard InChI is InChI=1S/C38H80NO3/c1-3-5-7-9-11-13-15-17-19-21-23-25-27-29-31-39(32-35-40,33-36-41)34-38-42-37-30-28-26-24-22-20-18-16-14-12-10-8-6-4-2/h40-41H,3-38H2,1-2H3/q+1. The number of aliphatic hydroxyl groups excluding tert-OH is 2. The summed E-state index contributed by atoms with van der Waals surface area (Å²) < 4.78 is 6.84. The Hall–Kier alpha value is -0.160. The summed E-state index contributed by atoms with van der Waals surface area (Å²) in [4.78, 5) is 0. The van der Waals surface area contributed by atoms with Crippen molar-refractivity contribution in [3.05, 3.63) is 0 Å². The second-order valence-electron chi connectivity index (χ2n) is 13.5. The van der Waals surface area contributed by atoms with Crippen molar-refractivity contribution in [2.75, 3.05) is 52.6 Å². The lowest BCUT2D eigenvalue weighted by molar-refractivity contribution is -0.929. The lowest BCUT2D eigenvalue weighted by atomic mass is 10.0. The third-order valence-electron chi connectivity index (χ3n) is 9.49. The van der Waals surface area contributed by atoms with Crippen molar-refractivity contribution in [3.8, 4) is 0 Å². The van der Waals surface area contributed by atoms with E-state index in [-0.39, 0.29) is 13.2 Å². The molecule has 2 N–H and O–H groups in total. The first-order valence-electron chi connectivity index (χ1n) is 19.4. The first-order valence-corrected chi connectivity index (χ1v) is 19.4. The minimum Gasteiger partial charge on any atom is -0.391 e. The van der Waals surface area contributed by atoms with Gasteiger partial charge in [0.1, 0.15) is 19.6 Å². The molecule has 4 heteroatoms. The van der Waals surface area contributed by atoms with E-state index in [4.69, 9.17) is 4.74 Å². The fourth-order valence-electron chi connectivity index (χ4n) is 6.50. The molecule has 0 heterocycles. The highest BCUT2D eigenvalue weighted by Crippen LogP contribution is 2.16. The molecule has 0 rings (SSSR count). The molecular formula is C38H80NO3+. The van der Waals surface area contributed by atoms with Crippen LogP contribution in [-0.4, -0.2) is 67.3 Å². The number of aliphatic hydroxyl groups is 2. The van der Waals surface area contributed by atoms with Crippen LogP contribution in [0, 0.1) is 0 Å². The molecule has 0 aliphatic rings. The van der Waals surface area contributed by atoms with Gasteiger partial charge < -0.3 is 19.4 Å². The predicted octanol–water partition coefficient (Wildman–Crippen LogP) is 10.8. The Kier molecular flexibility index (Phi) is 35.2. The molecule has 0 saturated carbocycles. The average molecular weight is 599 g/mol. The highest BCUT2D eigenvalue weighted by atomic mass is 16.5. The van der Waals surface area contributed by atoms with Gasteiger partial charge in [0.15, 0.2) is 0 Å². The largest absolute Gasteiger partial charge is 0.391 e. The first kappa shape index (κ1) is 41.8. The Morgan fingerprint density at radius 2 is 0.643 bits per heavy atom. The summed E-state index contributed by atoms with van der Waals surface area (Å²) in [5, 5.41) is 19.5. The van der Waals surface area contributed by atoms with Gasteiger partial charge in [0.25, 0.3) is 0 Å². The fourth-order valence-corrected chi connectivity index (χ4v) is 6.50. The van der Waals surface area contributed by atoms with E-state index < -0.39 is 0 Å². The van der Waals surface area contributed by atoms with Crippen LogP contribution in [0.1, 0.15) is 194 Å². The highest BCUT2D eigenvalue weighted by molar-refractivity contribution is 4.53. The molecule has 0 aliphatic heterocycles. The Morgan fingerprint density at radius 3 is 0.976 bits per heavy atom. The Balaban J connectivity index is 3.73. The number of ether oxygens (including phenoxy) is 1. The average Bonchev–Trinajstić information content (AvgIpc) is 2.99. The van der Waals surface area contributed by atoms with Gasteiger partial charge in [0.05, 0.1) is 26.4 Å². The van der Waals surface area contributed by atoms with Crippen LogP contribution in [0.3, 0.4) is 0 Å². The van der Waals surface area contributed by atoms with Crippen molar-refractivity contribution < 1.29 is 19.4 Å². The minimum absolute atomic E-state index is 0.192. The zero-order chi connectivity index (χ0) is 30.7. The van der Waals surface area contributed by atoms with Crippen LogP contribution in [0.25, 0.3) is 0 Å². The van der Waals surface area contributed by atoms with Crippen molar-refractivity contribution in [1.82, 2.24) is 0 Å². The highest BCUT2D eigenvalue weighted by Gasteiger charge is 2.25. The molecule has 0 unspecified atom stereocenters. The van der Waals surface area contributed by atoms with Gasteiger partial charge in [-0.15, -0.1) is 0 Å². The lowest BCUT2D eigenvalue weighted by Gasteiger charge is -2.38. The van der Waals surface area contributed by atoms with Crippen molar-refractivity contribution in [3.63, 3.8) is 0 Å². The van der Waals surface area contributed by atoms with Gasteiger partial charge in [-0.05, 0) is 19.3 Å². The summed E-state index contributed by atoms with van der Waals surface area (Å²) >= 11 is 0. The maximum Gasteiger partial charge on any atom is 0.103 e. The molecular weight excluding hydrogens is 518 g/mol. The van der Waals surface area contributed by atoms with Crippen LogP contribution >= 0.6 is 0 Å². The molecule has 254 valence electrons. The van der Waals surface area contributed by atoms with E-state index in [1.165, 1.54) is 173 Å². The second kappa shape index (κ2) is 35.3. The van der Waals surface area contributed by atoms with E-state index >= 15 is 0 Å². The molecule has 0 spiro atoms. The smallest absolute Gasteiger partial charge is 0.103 e. The minimum atomic E-state index is 0.192. The predicted molar refractivity (Wildman–Crippen MR) is 185 cm³/mol. The monoisotopic (exact) mass is 599 g/mol. The third kappa shape index (κ3) is 29.9. The van der Waals surface area contributed by atoms with E-state index in [1.54, 1.807) is 0 Å². The lowest BCUT2D eigenvalue weighted by Crippen LogP contribution is -2.54. The fraction of sp³-hybridized carbons (Fsp3) is 1.00. The molecule has 0 saturated heterocycles. The normalized spacial score (nSPS) is 12.0. The van der Waals surface area contributed by atoms with Crippen LogP contribution in [-0.2, 0) is 4.74 Å². The maximum absolute atomic E-state index is 9.75. The molecule has 42 heavy (non-hydrogen) atoms. The van der Waals surface area contributed by atoms with Gasteiger partial charge in [0.2, 0.25) is 0 Å². The van der Waals surface area contributed by atoms with Crippen molar-refractivity contribution >= 4 is 0 Å². The Morgan fingerprint density at radius 1 is 0.333 bits per heavy atom. The molecule has 0 aromatic carbocycles. The summed E-state index contributed by atoms with van der Waals surface area (Å²) in [5.41, 5.74) is 0. The van der Waals surface area contributed by atoms with Crippen molar-refractivity contribution in [2.45, 2.75) is 194 Å². The molecule has 0 radical (unpaired) electrons. The summed E-state index contributed by atoms with van der Waals surface area (Å²) in [6.07, 6.45) is 38.6. The van der Waals surface area contributed by atoms with Gasteiger partial charge in [0, 0.05) is 6.61 Å². The van der Waals surface area contributed by atoms with Crippen LogP contribution in [0.5, 0.6) is 0 Å². The van der Waals surface area contributed by atoms with Crippen molar-refractivity contribution in [2.24, 2.45) is 0 Å². The maximum atomic E-state index is 9.75. The van der Waals surface area contributed by atoms with E-state index in [0.29, 0.717) is 0 Å².